The van der Waals surface area contributed by atoms with Gasteiger partial charge in [0, 0.05) is 24.8 Å². The van der Waals surface area contributed by atoms with Gasteiger partial charge in [0.1, 0.15) is 5.75 Å². The molecule has 146 valence electrons. The van der Waals surface area contributed by atoms with Crippen LogP contribution in [0.2, 0.25) is 0 Å². The summed E-state index contributed by atoms with van der Waals surface area (Å²) in [4.78, 5) is 12.3. The molecule has 0 bridgehead atoms. The van der Waals surface area contributed by atoms with Crippen LogP contribution in [0.25, 0.3) is 0 Å². The van der Waals surface area contributed by atoms with E-state index in [9.17, 15) is 22.0 Å². The molecule has 0 fully saturated rings. The number of para-hydroxylation sites is 1. The third kappa shape index (κ3) is 6.00. The second-order valence-electron chi connectivity index (χ2n) is 5.50. The Morgan fingerprint density at radius 1 is 1.11 bits per heavy atom. The van der Waals surface area contributed by atoms with Gasteiger partial charge in [0.2, 0.25) is 0 Å². The number of hydrogen-bond donors (Lipinski definition) is 1. The van der Waals surface area contributed by atoms with E-state index in [1.807, 2.05) is 0 Å². The van der Waals surface area contributed by atoms with Crippen LogP contribution in [0, 0.1) is 0 Å². The highest BCUT2D eigenvalue weighted by atomic mass is 32.2. The van der Waals surface area contributed by atoms with Crippen LogP contribution in [0.1, 0.15) is 15.9 Å². The molecule has 2 aromatic carbocycles. The van der Waals surface area contributed by atoms with Crippen molar-refractivity contribution in [1.29, 1.82) is 0 Å². The lowest BCUT2D eigenvalue weighted by molar-refractivity contribution is -0.0504. The van der Waals surface area contributed by atoms with Crippen molar-refractivity contribution in [3.63, 3.8) is 0 Å². The third-order valence-electron chi connectivity index (χ3n) is 3.66. The van der Waals surface area contributed by atoms with Crippen molar-refractivity contribution in [3.05, 3.63) is 59.7 Å². The van der Waals surface area contributed by atoms with Gasteiger partial charge in [-0.25, -0.2) is 8.42 Å². The van der Waals surface area contributed by atoms with Gasteiger partial charge in [-0.3, -0.25) is 4.79 Å². The Morgan fingerprint density at radius 3 is 2.41 bits per heavy atom. The number of carbonyl (C=O) groups excluding carboxylic acids is 1. The molecule has 0 aliphatic carbocycles. The SMILES string of the molecule is COCCS(=O)(=O)c1ccc(C(=O)NCc2ccccc2OC(F)F)cc1. The first kappa shape index (κ1) is 20.8. The molecule has 0 aliphatic rings. The molecule has 0 spiro atoms. The van der Waals surface area contributed by atoms with E-state index in [1.54, 1.807) is 18.2 Å². The number of ether oxygens (including phenoxy) is 2. The largest absolute Gasteiger partial charge is 0.434 e. The van der Waals surface area contributed by atoms with Crippen LogP contribution in [0.3, 0.4) is 0 Å². The fourth-order valence-electron chi connectivity index (χ4n) is 2.26. The second kappa shape index (κ2) is 9.43. The second-order valence-corrected chi connectivity index (χ2v) is 7.61. The quantitative estimate of drug-likeness (QED) is 0.701. The van der Waals surface area contributed by atoms with E-state index in [0.29, 0.717) is 5.56 Å². The van der Waals surface area contributed by atoms with Gasteiger partial charge in [-0.15, -0.1) is 0 Å². The lowest BCUT2D eigenvalue weighted by Gasteiger charge is -2.11. The summed E-state index contributed by atoms with van der Waals surface area (Å²) in [6.07, 6.45) is 0. The topological polar surface area (TPSA) is 81.7 Å². The number of methoxy groups -OCH3 is 1. The standard InChI is InChI=1S/C18H19F2NO5S/c1-25-10-11-27(23,24)15-8-6-13(7-9-15)17(22)21-12-14-4-2-3-5-16(14)26-18(19)20/h2-9,18H,10-12H2,1H3,(H,21,22). The first-order valence-electron chi connectivity index (χ1n) is 7.96. The molecular formula is C18H19F2NO5S. The van der Waals surface area contributed by atoms with Crippen molar-refractivity contribution >= 4 is 15.7 Å². The summed E-state index contributed by atoms with van der Waals surface area (Å²) < 4.78 is 58.1. The predicted octanol–water partition coefficient (Wildman–Crippen LogP) is 2.64. The summed E-state index contributed by atoms with van der Waals surface area (Å²) in [5.41, 5.74) is 0.637. The molecule has 0 aliphatic heterocycles. The number of sulfone groups is 1. The number of halogens is 2. The highest BCUT2D eigenvalue weighted by Crippen LogP contribution is 2.20. The molecule has 0 saturated heterocycles. The zero-order valence-electron chi connectivity index (χ0n) is 14.5. The van der Waals surface area contributed by atoms with E-state index in [4.69, 9.17) is 4.74 Å². The molecule has 0 saturated carbocycles. The summed E-state index contributed by atoms with van der Waals surface area (Å²) in [6, 6.07) is 11.6. The fourth-order valence-corrected chi connectivity index (χ4v) is 3.44. The molecule has 0 radical (unpaired) electrons. The molecule has 27 heavy (non-hydrogen) atoms. The molecule has 2 rings (SSSR count). The monoisotopic (exact) mass is 399 g/mol. The van der Waals surface area contributed by atoms with E-state index in [1.165, 1.54) is 37.4 Å². The average Bonchev–Trinajstić information content (AvgIpc) is 2.65. The lowest BCUT2D eigenvalue weighted by Crippen LogP contribution is -2.23. The van der Waals surface area contributed by atoms with Crippen molar-refractivity contribution in [1.82, 2.24) is 5.32 Å². The molecule has 2 aromatic rings. The molecule has 0 unspecified atom stereocenters. The number of nitrogens with one attached hydrogen (secondary N) is 1. The van der Waals surface area contributed by atoms with Gasteiger partial charge >= 0.3 is 6.61 Å². The van der Waals surface area contributed by atoms with Gasteiger partial charge in [-0.05, 0) is 30.3 Å². The Hall–Kier alpha value is -2.52. The maximum Gasteiger partial charge on any atom is 0.387 e. The molecular weight excluding hydrogens is 380 g/mol. The van der Waals surface area contributed by atoms with Crippen LogP contribution in [-0.4, -0.2) is 40.4 Å². The zero-order valence-corrected chi connectivity index (χ0v) is 15.3. The zero-order chi connectivity index (χ0) is 19.9. The lowest BCUT2D eigenvalue weighted by atomic mass is 10.2. The highest BCUT2D eigenvalue weighted by molar-refractivity contribution is 7.91. The Balaban J connectivity index is 2.03. The predicted molar refractivity (Wildman–Crippen MR) is 94.6 cm³/mol. The van der Waals surface area contributed by atoms with Crippen LogP contribution in [0.5, 0.6) is 5.75 Å². The number of alkyl halides is 2. The number of carbonyl (C=O) groups is 1. The first-order chi connectivity index (χ1) is 12.8. The van der Waals surface area contributed by atoms with Crippen LogP contribution in [-0.2, 0) is 21.1 Å². The smallest absolute Gasteiger partial charge is 0.387 e. The summed E-state index contributed by atoms with van der Waals surface area (Å²) >= 11 is 0. The average molecular weight is 399 g/mol. The summed E-state index contributed by atoms with van der Waals surface area (Å²) in [6.45, 7) is -2.91. The van der Waals surface area contributed by atoms with E-state index in [-0.39, 0.29) is 35.1 Å². The van der Waals surface area contributed by atoms with Crippen molar-refractivity contribution < 1.29 is 31.5 Å². The molecule has 1 N–H and O–H groups in total. The van der Waals surface area contributed by atoms with E-state index < -0.39 is 22.4 Å². The summed E-state index contributed by atoms with van der Waals surface area (Å²) in [5, 5.41) is 2.59. The van der Waals surface area contributed by atoms with E-state index in [0.717, 1.165) is 0 Å². The minimum Gasteiger partial charge on any atom is -0.434 e. The van der Waals surface area contributed by atoms with Gasteiger partial charge in [0.25, 0.3) is 5.91 Å². The van der Waals surface area contributed by atoms with E-state index in [2.05, 4.69) is 10.1 Å². The van der Waals surface area contributed by atoms with Crippen molar-refractivity contribution in [3.8, 4) is 5.75 Å². The molecule has 0 aromatic heterocycles. The van der Waals surface area contributed by atoms with Crippen LogP contribution >= 0.6 is 0 Å². The number of amides is 1. The Bertz CT molecular complexity index is 870. The van der Waals surface area contributed by atoms with Crippen LogP contribution in [0.15, 0.2) is 53.4 Å². The number of benzene rings is 2. The van der Waals surface area contributed by atoms with Crippen LogP contribution < -0.4 is 10.1 Å². The number of hydrogen-bond acceptors (Lipinski definition) is 5. The molecule has 6 nitrogen and oxygen atoms in total. The third-order valence-corrected chi connectivity index (χ3v) is 5.35. The summed E-state index contributed by atoms with van der Waals surface area (Å²) in [5.74, 6) is -0.647. The van der Waals surface area contributed by atoms with Gasteiger partial charge < -0.3 is 14.8 Å². The Kier molecular flexibility index (Phi) is 7.26. The first-order valence-corrected chi connectivity index (χ1v) is 9.61. The Morgan fingerprint density at radius 2 is 1.78 bits per heavy atom. The van der Waals surface area contributed by atoms with Gasteiger partial charge in [-0.1, -0.05) is 18.2 Å². The van der Waals surface area contributed by atoms with E-state index >= 15 is 0 Å². The highest BCUT2D eigenvalue weighted by Gasteiger charge is 2.15. The Labute approximate surface area is 156 Å². The van der Waals surface area contributed by atoms with Gasteiger partial charge in [0.15, 0.2) is 9.84 Å². The maximum absolute atomic E-state index is 12.4. The molecule has 0 heterocycles. The summed E-state index contributed by atoms with van der Waals surface area (Å²) in [7, 11) is -2.07. The van der Waals surface area contributed by atoms with Crippen molar-refractivity contribution in [2.45, 2.75) is 18.1 Å². The van der Waals surface area contributed by atoms with Gasteiger partial charge in [-0.2, -0.15) is 8.78 Å². The normalized spacial score (nSPS) is 11.4. The minimum atomic E-state index is -3.48. The minimum absolute atomic E-state index is 0.0182. The fraction of sp³-hybridized carbons (Fsp3) is 0.278. The molecule has 1 amide bonds. The number of rotatable bonds is 9. The molecule has 9 heteroatoms. The van der Waals surface area contributed by atoms with Crippen LogP contribution in [0.4, 0.5) is 8.78 Å². The van der Waals surface area contributed by atoms with Crippen molar-refractivity contribution in [2.24, 2.45) is 0 Å². The maximum atomic E-state index is 12.4. The molecule has 0 atom stereocenters. The van der Waals surface area contributed by atoms with Gasteiger partial charge in [0.05, 0.1) is 17.3 Å². The van der Waals surface area contributed by atoms with Crippen molar-refractivity contribution in [2.75, 3.05) is 19.5 Å².